The molecule has 0 radical (unpaired) electrons. The molecule has 1 rings (SSSR count). The second-order valence-corrected chi connectivity index (χ2v) is 3.94. The number of amidine groups is 1. The number of hydrogen-bond donors (Lipinski definition) is 2. The summed E-state index contributed by atoms with van der Waals surface area (Å²) in [4.78, 5) is 5.98. The van der Waals surface area contributed by atoms with Crippen molar-refractivity contribution in [3.63, 3.8) is 0 Å². The number of nitrogens with zero attached hydrogens (tertiary/aromatic N) is 3. The molecule has 0 spiro atoms. The summed E-state index contributed by atoms with van der Waals surface area (Å²) in [6.45, 7) is 0.679. The Balaban J connectivity index is 2.61. The summed E-state index contributed by atoms with van der Waals surface area (Å²) in [7, 11) is 1.94. The fourth-order valence-corrected chi connectivity index (χ4v) is 1.68. The molecule has 3 N–H and O–H groups in total. The van der Waals surface area contributed by atoms with E-state index in [0.717, 1.165) is 10.2 Å². The van der Waals surface area contributed by atoms with Gasteiger partial charge in [0.25, 0.3) is 0 Å². The van der Waals surface area contributed by atoms with E-state index in [-0.39, 0.29) is 5.84 Å². The van der Waals surface area contributed by atoms with E-state index in [0.29, 0.717) is 13.0 Å². The highest BCUT2D eigenvalue weighted by Gasteiger charge is 2.05. The van der Waals surface area contributed by atoms with Crippen LogP contribution in [-0.4, -0.2) is 29.6 Å². The van der Waals surface area contributed by atoms with Gasteiger partial charge in [-0.2, -0.15) is 0 Å². The molecule has 0 aliphatic heterocycles. The van der Waals surface area contributed by atoms with Crippen molar-refractivity contribution in [2.45, 2.75) is 6.42 Å². The van der Waals surface area contributed by atoms with Crippen molar-refractivity contribution < 1.29 is 5.21 Å². The third-order valence-corrected chi connectivity index (χ3v) is 2.61. The lowest BCUT2D eigenvalue weighted by Gasteiger charge is -2.19. The smallest absolute Gasteiger partial charge is 0.140 e. The van der Waals surface area contributed by atoms with Gasteiger partial charge in [-0.1, -0.05) is 5.16 Å². The van der Waals surface area contributed by atoms with Crippen molar-refractivity contribution in [3.8, 4) is 0 Å². The highest BCUT2D eigenvalue weighted by Crippen LogP contribution is 2.23. The van der Waals surface area contributed by atoms with Crippen LogP contribution in [0.2, 0.25) is 0 Å². The number of hydrogen-bond acceptors (Lipinski definition) is 4. The van der Waals surface area contributed by atoms with Crippen LogP contribution in [0.5, 0.6) is 0 Å². The van der Waals surface area contributed by atoms with E-state index < -0.39 is 0 Å². The number of aromatic nitrogens is 1. The average Bonchev–Trinajstić information content (AvgIpc) is 2.26. The molecule has 15 heavy (non-hydrogen) atoms. The topological polar surface area (TPSA) is 74.7 Å². The Morgan fingerprint density at radius 2 is 2.47 bits per heavy atom. The normalized spacial score (nSPS) is 11.5. The zero-order chi connectivity index (χ0) is 11.3. The van der Waals surface area contributed by atoms with Gasteiger partial charge in [-0.3, -0.25) is 4.98 Å². The summed E-state index contributed by atoms with van der Waals surface area (Å²) < 4.78 is 0.923. The van der Waals surface area contributed by atoms with E-state index in [1.54, 1.807) is 12.4 Å². The zero-order valence-electron chi connectivity index (χ0n) is 8.39. The van der Waals surface area contributed by atoms with Gasteiger partial charge in [-0.15, -0.1) is 0 Å². The third kappa shape index (κ3) is 3.39. The predicted molar refractivity (Wildman–Crippen MR) is 63.2 cm³/mol. The fourth-order valence-electron chi connectivity index (χ4n) is 1.13. The van der Waals surface area contributed by atoms with Gasteiger partial charge in [0.1, 0.15) is 5.84 Å². The van der Waals surface area contributed by atoms with Gasteiger partial charge in [0.15, 0.2) is 0 Å². The van der Waals surface area contributed by atoms with Crippen molar-refractivity contribution in [1.29, 1.82) is 0 Å². The van der Waals surface area contributed by atoms with Crippen LogP contribution in [0.15, 0.2) is 28.1 Å². The first kappa shape index (κ1) is 11.8. The minimum absolute atomic E-state index is 0.229. The number of nitrogens with two attached hydrogens (primary N) is 1. The zero-order valence-corrected chi connectivity index (χ0v) is 9.98. The highest BCUT2D eigenvalue weighted by atomic mass is 79.9. The monoisotopic (exact) mass is 272 g/mol. The Labute approximate surface area is 96.7 Å². The molecule has 0 aromatic carbocycles. The molecule has 0 atom stereocenters. The third-order valence-electron chi connectivity index (χ3n) is 1.99. The maximum absolute atomic E-state index is 8.40. The van der Waals surface area contributed by atoms with E-state index in [1.165, 1.54) is 0 Å². The van der Waals surface area contributed by atoms with E-state index in [9.17, 15) is 0 Å². The lowest BCUT2D eigenvalue weighted by Crippen LogP contribution is -2.24. The molecular formula is C9H13BrN4O. The van der Waals surface area contributed by atoms with Gasteiger partial charge in [0, 0.05) is 32.4 Å². The molecule has 0 aliphatic carbocycles. The van der Waals surface area contributed by atoms with Crippen LogP contribution in [-0.2, 0) is 0 Å². The molecule has 0 fully saturated rings. The lowest BCUT2D eigenvalue weighted by molar-refractivity contribution is 0.317. The van der Waals surface area contributed by atoms with Crippen LogP contribution in [0, 0.1) is 0 Å². The van der Waals surface area contributed by atoms with Crippen LogP contribution >= 0.6 is 15.9 Å². The molecule has 0 amide bonds. The average molecular weight is 273 g/mol. The predicted octanol–water partition coefficient (Wildman–Crippen LogP) is 1.42. The van der Waals surface area contributed by atoms with E-state index in [1.807, 2.05) is 18.0 Å². The summed E-state index contributed by atoms with van der Waals surface area (Å²) in [5, 5.41) is 11.3. The molecule has 82 valence electrons. The van der Waals surface area contributed by atoms with Gasteiger partial charge >= 0.3 is 0 Å². The molecule has 0 bridgehead atoms. The molecule has 1 aromatic heterocycles. The second kappa shape index (κ2) is 5.55. The largest absolute Gasteiger partial charge is 0.409 e. The molecule has 0 aliphatic rings. The SMILES string of the molecule is CN(CC/C(N)=N/O)c1ccncc1Br. The van der Waals surface area contributed by atoms with Gasteiger partial charge in [-0.05, 0) is 22.0 Å². The maximum Gasteiger partial charge on any atom is 0.140 e. The van der Waals surface area contributed by atoms with Crippen LogP contribution in [0.4, 0.5) is 5.69 Å². The van der Waals surface area contributed by atoms with E-state index >= 15 is 0 Å². The molecule has 0 saturated heterocycles. The maximum atomic E-state index is 8.40. The standard InChI is InChI=1S/C9H13BrN4O/c1-14(5-3-9(11)13-15)8-2-4-12-6-7(8)10/h2,4,6,15H,3,5H2,1H3,(H2,11,13). The van der Waals surface area contributed by atoms with Crippen LogP contribution < -0.4 is 10.6 Å². The van der Waals surface area contributed by atoms with Gasteiger partial charge in [-0.25, -0.2) is 0 Å². The summed E-state index contributed by atoms with van der Waals surface area (Å²) in [6.07, 6.45) is 3.97. The summed E-state index contributed by atoms with van der Waals surface area (Å²) >= 11 is 3.41. The molecule has 6 heteroatoms. The summed E-state index contributed by atoms with van der Waals surface area (Å²) in [5.74, 6) is 0.229. The van der Waals surface area contributed by atoms with Crippen LogP contribution in [0.25, 0.3) is 0 Å². The number of rotatable bonds is 4. The molecule has 0 saturated carbocycles. The Morgan fingerprint density at radius 3 is 3.07 bits per heavy atom. The van der Waals surface area contributed by atoms with Gasteiger partial charge < -0.3 is 15.8 Å². The lowest BCUT2D eigenvalue weighted by atomic mass is 10.3. The van der Waals surface area contributed by atoms with Crippen molar-refractivity contribution in [3.05, 3.63) is 22.9 Å². The number of pyridine rings is 1. The Hall–Kier alpha value is -1.30. The van der Waals surface area contributed by atoms with Crippen LogP contribution in [0.3, 0.4) is 0 Å². The minimum atomic E-state index is 0.229. The Bertz CT molecular complexity index is 356. The first-order valence-electron chi connectivity index (χ1n) is 4.42. The molecule has 0 unspecified atom stereocenters. The van der Waals surface area contributed by atoms with E-state index in [4.69, 9.17) is 10.9 Å². The van der Waals surface area contributed by atoms with Gasteiger partial charge in [0.2, 0.25) is 0 Å². The molecule has 5 nitrogen and oxygen atoms in total. The van der Waals surface area contributed by atoms with Gasteiger partial charge in [0.05, 0.1) is 10.2 Å². The van der Waals surface area contributed by atoms with Crippen molar-refractivity contribution in [1.82, 2.24) is 4.98 Å². The minimum Gasteiger partial charge on any atom is -0.409 e. The molecular weight excluding hydrogens is 260 g/mol. The first-order valence-corrected chi connectivity index (χ1v) is 5.21. The summed E-state index contributed by atoms with van der Waals surface area (Å²) in [5.41, 5.74) is 6.41. The number of oxime groups is 1. The number of anilines is 1. The fraction of sp³-hybridized carbons (Fsp3) is 0.333. The van der Waals surface area contributed by atoms with Crippen LogP contribution in [0.1, 0.15) is 6.42 Å². The highest BCUT2D eigenvalue weighted by molar-refractivity contribution is 9.10. The molecule has 1 heterocycles. The van der Waals surface area contributed by atoms with Crippen molar-refractivity contribution in [2.24, 2.45) is 10.9 Å². The second-order valence-electron chi connectivity index (χ2n) is 3.09. The van der Waals surface area contributed by atoms with Crippen molar-refractivity contribution in [2.75, 3.05) is 18.5 Å². The number of halogens is 1. The van der Waals surface area contributed by atoms with E-state index in [2.05, 4.69) is 26.1 Å². The summed E-state index contributed by atoms with van der Waals surface area (Å²) in [6, 6.07) is 1.90. The first-order chi connectivity index (χ1) is 7.15. The molecule has 1 aromatic rings. The Kier molecular flexibility index (Phi) is 4.36. The van der Waals surface area contributed by atoms with Crippen molar-refractivity contribution >= 4 is 27.5 Å². The Morgan fingerprint density at radius 1 is 1.73 bits per heavy atom. The quantitative estimate of drug-likeness (QED) is 0.376.